The highest BCUT2D eigenvalue weighted by atomic mass is 35.5. The SMILES string of the molecule is CC(C)COCCCNC(=O)c1cc(Cl)ncc1N. The number of ether oxygens (including phenoxy) is 1. The number of nitrogens with two attached hydrogens (primary N) is 1. The summed E-state index contributed by atoms with van der Waals surface area (Å²) in [6.07, 6.45) is 2.14. The maximum Gasteiger partial charge on any atom is 0.253 e. The number of nitrogens with zero attached hydrogens (tertiary/aromatic N) is 1. The fourth-order valence-corrected chi connectivity index (χ4v) is 1.59. The predicted molar refractivity (Wildman–Crippen MR) is 76.3 cm³/mol. The number of nitrogen functional groups attached to an aromatic ring is 1. The second-order valence-corrected chi connectivity index (χ2v) is 5.06. The van der Waals surface area contributed by atoms with E-state index >= 15 is 0 Å². The van der Waals surface area contributed by atoms with Crippen LogP contribution in [0, 0.1) is 5.92 Å². The molecule has 0 fully saturated rings. The lowest BCUT2D eigenvalue weighted by molar-refractivity contribution is 0.0925. The van der Waals surface area contributed by atoms with E-state index in [9.17, 15) is 4.79 Å². The summed E-state index contributed by atoms with van der Waals surface area (Å²) in [7, 11) is 0. The zero-order chi connectivity index (χ0) is 14.3. The van der Waals surface area contributed by atoms with Gasteiger partial charge in [-0.3, -0.25) is 4.79 Å². The van der Waals surface area contributed by atoms with E-state index in [2.05, 4.69) is 24.1 Å². The summed E-state index contributed by atoms with van der Waals surface area (Å²) >= 11 is 5.73. The third-order valence-corrected chi connectivity index (χ3v) is 2.55. The third kappa shape index (κ3) is 5.89. The first-order valence-corrected chi connectivity index (χ1v) is 6.65. The van der Waals surface area contributed by atoms with Crippen molar-refractivity contribution in [2.45, 2.75) is 20.3 Å². The molecule has 0 unspecified atom stereocenters. The van der Waals surface area contributed by atoms with Crippen molar-refractivity contribution >= 4 is 23.2 Å². The normalized spacial score (nSPS) is 10.7. The highest BCUT2D eigenvalue weighted by Crippen LogP contribution is 2.14. The van der Waals surface area contributed by atoms with Gasteiger partial charge in [0.25, 0.3) is 5.91 Å². The van der Waals surface area contributed by atoms with E-state index < -0.39 is 0 Å². The van der Waals surface area contributed by atoms with Gasteiger partial charge in [-0.15, -0.1) is 0 Å². The number of carbonyl (C=O) groups is 1. The fraction of sp³-hybridized carbons (Fsp3) is 0.538. The number of carbonyl (C=O) groups excluding carboxylic acids is 1. The topological polar surface area (TPSA) is 77.2 Å². The van der Waals surface area contributed by atoms with Gasteiger partial charge >= 0.3 is 0 Å². The van der Waals surface area contributed by atoms with Crippen LogP contribution < -0.4 is 11.1 Å². The van der Waals surface area contributed by atoms with Gasteiger partial charge in [-0.2, -0.15) is 0 Å². The van der Waals surface area contributed by atoms with Gasteiger partial charge in [-0.1, -0.05) is 25.4 Å². The van der Waals surface area contributed by atoms with Crippen molar-refractivity contribution in [1.82, 2.24) is 10.3 Å². The van der Waals surface area contributed by atoms with Gasteiger partial charge in [0.05, 0.1) is 17.4 Å². The van der Waals surface area contributed by atoms with E-state index in [1.54, 1.807) is 0 Å². The Balaban J connectivity index is 2.29. The lowest BCUT2D eigenvalue weighted by atomic mass is 10.2. The second kappa shape index (κ2) is 7.96. The maximum atomic E-state index is 11.8. The zero-order valence-electron chi connectivity index (χ0n) is 11.3. The lowest BCUT2D eigenvalue weighted by Gasteiger charge is -2.09. The van der Waals surface area contributed by atoms with Gasteiger partial charge in [0.2, 0.25) is 0 Å². The third-order valence-electron chi connectivity index (χ3n) is 2.35. The van der Waals surface area contributed by atoms with Crippen molar-refractivity contribution in [1.29, 1.82) is 0 Å². The molecule has 3 N–H and O–H groups in total. The minimum atomic E-state index is -0.245. The lowest BCUT2D eigenvalue weighted by Crippen LogP contribution is -2.26. The highest BCUT2D eigenvalue weighted by molar-refractivity contribution is 6.29. The molecule has 1 rings (SSSR count). The van der Waals surface area contributed by atoms with Gasteiger partial charge in [-0.25, -0.2) is 4.98 Å². The molecule has 6 heteroatoms. The molecule has 0 bridgehead atoms. The summed E-state index contributed by atoms with van der Waals surface area (Å²) in [6.45, 7) is 6.09. The number of pyridine rings is 1. The molecular formula is C13H20ClN3O2. The predicted octanol–water partition coefficient (Wildman–Crippen LogP) is 2.11. The minimum absolute atomic E-state index is 0.245. The molecule has 5 nitrogen and oxygen atoms in total. The van der Waals surface area contributed by atoms with Crippen molar-refractivity contribution < 1.29 is 9.53 Å². The Morgan fingerprint density at radius 1 is 1.58 bits per heavy atom. The van der Waals surface area contributed by atoms with Gasteiger partial charge in [0.1, 0.15) is 5.15 Å². The van der Waals surface area contributed by atoms with Crippen molar-refractivity contribution in [2.75, 3.05) is 25.5 Å². The Labute approximate surface area is 118 Å². The Hall–Kier alpha value is -1.33. The molecule has 0 saturated carbocycles. The molecular weight excluding hydrogens is 266 g/mol. The van der Waals surface area contributed by atoms with E-state index in [1.165, 1.54) is 12.3 Å². The molecule has 106 valence electrons. The van der Waals surface area contributed by atoms with Gasteiger partial charge in [0, 0.05) is 19.8 Å². The Morgan fingerprint density at radius 3 is 3.00 bits per heavy atom. The molecule has 1 aromatic rings. The van der Waals surface area contributed by atoms with Crippen molar-refractivity contribution in [3.63, 3.8) is 0 Å². The molecule has 0 saturated heterocycles. The molecule has 0 atom stereocenters. The number of rotatable bonds is 7. The maximum absolute atomic E-state index is 11.8. The highest BCUT2D eigenvalue weighted by Gasteiger charge is 2.10. The Morgan fingerprint density at radius 2 is 2.32 bits per heavy atom. The summed E-state index contributed by atoms with van der Waals surface area (Å²) in [5.41, 5.74) is 6.34. The van der Waals surface area contributed by atoms with Crippen LogP contribution in [-0.4, -0.2) is 30.6 Å². The largest absolute Gasteiger partial charge is 0.397 e. The number of halogens is 1. The van der Waals surface area contributed by atoms with Gasteiger partial charge in [0.15, 0.2) is 0 Å². The molecule has 0 aliphatic heterocycles. The smallest absolute Gasteiger partial charge is 0.253 e. The van der Waals surface area contributed by atoms with Crippen LogP contribution in [0.1, 0.15) is 30.6 Å². The Bertz CT molecular complexity index is 424. The van der Waals surface area contributed by atoms with E-state index in [0.717, 1.165) is 13.0 Å². The first kappa shape index (κ1) is 15.7. The van der Waals surface area contributed by atoms with E-state index in [0.29, 0.717) is 30.3 Å². The number of anilines is 1. The van der Waals surface area contributed by atoms with Crippen LogP contribution in [0.4, 0.5) is 5.69 Å². The van der Waals surface area contributed by atoms with Crippen LogP contribution in [0.2, 0.25) is 5.15 Å². The molecule has 19 heavy (non-hydrogen) atoms. The minimum Gasteiger partial charge on any atom is -0.397 e. The first-order chi connectivity index (χ1) is 9.00. The number of amides is 1. The molecule has 1 amide bonds. The molecule has 0 aromatic carbocycles. The van der Waals surface area contributed by atoms with Crippen LogP contribution in [-0.2, 0) is 4.74 Å². The van der Waals surface area contributed by atoms with Crippen LogP contribution in [0.25, 0.3) is 0 Å². The van der Waals surface area contributed by atoms with Crippen LogP contribution in [0.5, 0.6) is 0 Å². The molecule has 0 aliphatic carbocycles. The average Bonchev–Trinajstić information content (AvgIpc) is 2.36. The monoisotopic (exact) mass is 285 g/mol. The van der Waals surface area contributed by atoms with Crippen molar-refractivity contribution in [3.8, 4) is 0 Å². The molecule has 0 spiro atoms. The first-order valence-electron chi connectivity index (χ1n) is 6.27. The van der Waals surface area contributed by atoms with Crippen LogP contribution >= 0.6 is 11.6 Å². The van der Waals surface area contributed by atoms with E-state index in [-0.39, 0.29) is 11.1 Å². The fourth-order valence-electron chi connectivity index (χ4n) is 1.43. The molecule has 1 heterocycles. The number of aromatic nitrogens is 1. The summed E-state index contributed by atoms with van der Waals surface area (Å²) in [5.74, 6) is 0.277. The van der Waals surface area contributed by atoms with Crippen LogP contribution in [0.3, 0.4) is 0 Å². The van der Waals surface area contributed by atoms with Gasteiger partial charge < -0.3 is 15.8 Å². The summed E-state index contributed by atoms with van der Waals surface area (Å²) in [5, 5.41) is 3.02. The van der Waals surface area contributed by atoms with Crippen molar-refractivity contribution in [2.24, 2.45) is 5.92 Å². The summed E-state index contributed by atoms with van der Waals surface area (Å²) < 4.78 is 5.42. The summed E-state index contributed by atoms with van der Waals surface area (Å²) in [4.78, 5) is 15.6. The van der Waals surface area contributed by atoms with E-state index in [4.69, 9.17) is 22.1 Å². The molecule has 1 aromatic heterocycles. The molecule has 0 radical (unpaired) electrons. The number of nitrogens with one attached hydrogen (secondary N) is 1. The average molecular weight is 286 g/mol. The quantitative estimate of drug-likeness (QED) is 0.594. The molecule has 0 aliphatic rings. The van der Waals surface area contributed by atoms with Crippen LogP contribution in [0.15, 0.2) is 12.3 Å². The summed E-state index contributed by atoms with van der Waals surface area (Å²) in [6, 6.07) is 1.46. The number of hydrogen-bond donors (Lipinski definition) is 2. The number of hydrogen-bond acceptors (Lipinski definition) is 4. The standard InChI is InChI=1S/C13H20ClN3O2/c1-9(2)8-19-5-3-4-16-13(18)10-6-12(14)17-7-11(10)15/h6-7,9H,3-5,8,15H2,1-2H3,(H,16,18). The Kier molecular flexibility index (Phi) is 6.59. The zero-order valence-corrected chi connectivity index (χ0v) is 12.0. The van der Waals surface area contributed by atoms with E-state index in [1.807, 2.05) is 0 Å². The van der Waals surface area contributed by atoms with Crippen molar-refractivity contribution in [3.05, 3.63) is 23.0 Å². The second-order valence-electron chi connectivity index (χ2n) is 4.67. The van der Waals surface area contributed by atoms with Gasteiger partial charge in [-0.05, 0) is 18.4 Å².